The number of ether oxygens (including phenoxy) is 1. The third-order valence-corrected chi connectivity index (χ3v) is 3.27. The van der Waals surface area contributed by atoms with Gasteiger partial charge in [-0.3, -0.25) is 0 Å². The maximum Gasteiger partial charge on any atom is 0.354 e. The van der Waals surface area contributed by atoms with Crippen molar-refractivity contribution < 1.29 is 9.53 Å². The lowest BCUT2D eigenvalue weighted by molar-refractivity contribution is 0.0686. The van der Waals surface area contributed by atoms with E-state index in [2.05, 4.69) is 11.3 Å². The fourth-order valence-corrected chi connectivity index (χ4v) is 2.47. The van der Waals surface area contributed by atoms with E-state index in [1.54, 1.807) is 12.1 Å². The van der Waals surface area contributed by atoms with Gasteiger partial charge in [-0.2, -0.15) is 0 Å². The summed E-state index contributed by atoms with van der Waals surface area (Å²) in [4.78, 5) is 11.8. The molecule has 1 aliphatic rings. The van der Waals surface area contributed by atoms with Gasteiger partial charge in [0.05, 0.1) is 5.56 Å². The predicted molar refractivity (Wildman–Crippen MR) is 71.0 cm³/mol. The van der Waals surface area contributed by atoms with Crippen LogP contribution in [0.5, 0.6) is 0 Å². The van der Waals surface area contributed by atoms with E-state index in [0.29, 0.717) is 5.56 Å². The summed E-state index contributed by atoms with van der Waals surface area (Å²) in [6.45, 7) is 4.07. The van der Waals surface area contributed by atoms with Crippen molar-refractivity contribution in [2.45, 2.75) is 0 Å². The van der Waals surface area contributed by atoms with Gasteiger partial charge in [-0.1, -0.05) is 43.0 Å². The van der Waals surface area contributed by atoms with E-state index in [4.69, 9.17) is 5.26 Å². The Labute approximate surface area is 110 Å². The fourth-order valence-electron chi connectivity index (χ4n) is 2.47. The molecule has 0 heterocycles. The van der Waals surface area contributed by atoms with E-state index < -0.39 is 5.97 Å². The minimum Gasteiger partial charge on any atom is -0.347 e. The highest BCUT2D eigenvalue weighted by atomic mass is 16.5. The van der Waals surface area contributed by atoms with Crippen LogP contribution in [-0.4, -0.2) is 5.97 Å². The van der Waals surface area contributed by atoms with E-state index in [1.807, 2.05) is 30.3 Å². The molecule has 0 fully saturated rings. The molecule has 2 aromatic rings. The molecule has 3 rings (SSSR count). The van der Waals surface area contributed by atoms with E-state index in [-0.39, 0.29) is 0 Å². The number of esters is 1. The maximum absolute atomic E-state index is 11.8. The van der Waals surface area contributed by atoms with Gasteiger partial charge >= 0.3 is 5.97 Å². The van der Waals surface area contributed by atoms with Gasteiger partial charge in [-0.05, 0) is 28.3 Å². The van der Waals surface area contributed by atoms with Crippen LogP contribution in [0.3, 0.4) is 0 Å². The van der Waals surface area contributed by atoms with Gasteiger partial charge in [-0.15, -0.1) is 5.26 Å². The Bertz CT molecular complexity index is 754. The number of carbonyl (C=O) groups excluding carboxylic acids is 1. The molecule has 0 amide bonds. The minimum absolute atomic E-state index is 0.394. The van der Waals surface area contributed by atoms with Crippen molar-refractivity contribution in [3.63, 3.8) is 0 Å². The van der Waals surface area contributed by atoms with Crippen molar-refractivity contribution in [1.82, 2.24) is 0 Å². The van der Waals surface area contributed by atoms with Crippen LogP contribution in [0, 0.1) is 11.5 Å². The monoisotopic (exact) mass is 247 g/mol. The van der Waals surface area contributed by atoms with E-state index in [9.17, 15) is 4.79 Å². The Morgan fingerprint density at radius 1 is 1.05 bits per heavy atom. The summed E-state index contributed by atoms with van der Waals surface area (Å²) in [7, 11) is 0. The fraction of sp³-hybridized carbons (Fsp3) is 0. The molecule has 19 heavy (non-hydrogen) atoms. The molecular weight excluding hydrogens is 238 g/mol. The number of rotatable bonds is 1. The second kappa shape index (κ2) is 4.11. The molecule has 2 aromatic carbocycles. The number of carbonyl (C=O) groups is 1. The Morgan fingerprint density at radius 3 is 2.47 bits per heavy atom. The summed E-state index contributed by atoms with van der Waals surface area (Å²) >= 11 is 0. The van der Waals surface area contributed by atoms with Crippen LogP contribution in [0.1, 0.15) is 21.5 Å². The number of hydrogen-bond donors (Lipinski definition) is 0. The molecule has 0 radical (unpaired) electrons. The third kappa shape index (κ3) is 1.54. The van der Waals surface area contributed by atoms with Gasteiger partial charge in [0, 0.05) is 5.56 Å². The van der Waals surface area contributed by atoms with Crippen LogP contribution in [-0.2, 0) is 4.74 Å². The zero-order chi connectivity index (χ0) is 13.4. The Hall–Kier alpha value is -2.86. The summed E-state index contributed by atoms with van der Waals surface area (Å²) in [5, 5.41) is 8.48. The van der Waals surface area contributed by atoms with Gasteiger partial charge in [0.25, 0.3) is 6.26 Å². The Balaban J connectivity index is 2.29. The Morgan fingerprint density at radius 2 is 1.74 bits per heavy atom. The zero-order valence-electron chi connectivity index (χ0n) is 10.0. The molecule has 0 saturated heterocycles. The van der Waals surface area contributed by atoms with Gasteiger partial charge in [-0.25, -0.2) is 4.79 Å². The van der Waals surface area contributed by atoms with Crippen molar-refractivity contribution in [3.05, 3.63) is 65.7 Å². The van der Waals surface area contributed by atoms with Crippen LogP contribution < -0.4 is 0 Å². The highest BCUT2D eigenvalue weighted by Crippen LogP contribution is 2.44. The summed E-state index contributed by atoms with van der Waals surface area (Å²) in [5.41, 5.74) is 4.95. The topological polar surface area (TPSA) is 50.1 Å². The summed E-state index contributed by atoms with van der Waals surface area (Å²) in [6, 6.07) is 13.1. The van der Waals surface area contributed by atoms with E-state index >= 15 is 0 Å². The normalized spacial score (nSPS) is 11.4. The standard InChI is InChI=1S/C16H9NO2/c1-10-11-5-2-3-6-13(11)15-12(10)7-4-8-14(15)16(18)19-9-17/h2-8H,1H2. The Kier molecular flexibility index (Phi) is 2.43. The molecule has 0 spiro atoms. The molecule has 1 aliphatic carbocycles. The molecule has 90 valence electrons. The SMILES string of the molecule is C=C1c2ccccc2-c2c1cccc2C(=O)OC#N. The lowest BCUT2D eigenvalue weighted by Gasteiger charge is -2.05. The first-order chi connectivity index (χ1) is 9.24. The molecule has 0 saturated carbocycles. The first-order valence-corrected chi connectivity index (χ1v) is 5.76. The van der Waals surface area contributed by atoms with E-state index in [1.165, 1.54) is 6.26 Å². The third-order valence-electron chi connectivity index (χ3n) is 3.27. The number of nitrogens with zero attached hydrogens (tertiary/aromatic N) is 1. The summed E-state index contributed by atoms with van der Waals surface area (Å²) < 4.78 is 4.44. The molecule has 0 bridgehead atoms. The molecule has 0 unspecified atom stereocenters. The minimum atomic E-state index is -0.635. The van der Waals surface area contributed by atoms with Gasteiger partial charge in [0.15, 0.2) is 0 Å². The van der Waals surface area contributed by atoms with Crippen LogP contribution in [0.15, 0.2) is 49.0 Å². The number of fused-ring (bicyclic) bond motifs is 3. The average molecular weight is 247 g/mol. The van der Waals surface area contributed by atoms with Crippen LogP contribution in [0.4, 0.5) is 0 Å². The van der Waals surface area contributed by atoms with Crippen molar-refractivity contribution in [1.29, 1.82) is 5.26 Å². The maximum atomic E-state index is 11.8. The van der Waals surface area contributed by atoms with E-state index in [0.717, 1.165) is 27.8 Å². The largest absolute Gasteiger partial charge is 0.354 e. The molecule has 0 aliphatic heterocycles. The van der Waals surface area contributed by atoms with Crippen molar-refractivity contribution >= 4 is 11.5 Å². The molecule has 0 aromatic heterocycles. The second-order valence-electron chi connectivity index (χ2n) is 4.23. The van der Waals surface area contributed by atoms with Gasteiger partial charge < -0.3 is 4.74 Å². The number of benzene rings is 2. The summed E-state index contributed by atoms with van der Waals surface area (Å²) in [6.07, 6.45) is 1.42. The lowest BCUT2D eigenvalue weighted by Crippen LogP contribution is -2.03. The van der Waals surface area contributed by atoms with Crippen molar-refractivity contribution in [3.8, 4) is 17.4 Å². The first kappa shape index (κ1) is 11.2. The van der Waals surface area contributed by atoms with Crippen LogP contribution in [0.2, 0.25) is 0 Å². The zero-order valence-corrected chi connectivity index (χ0v) is 10.0. The quantitative estimate of drug-likeness (QED) is 0.489. The first-order valence-electron chi connectivity index (χ1n) is 5.76. The van der Waals surface area contributed by atoms with Crippen molar-refractivity contribution in [2.75, 3.05) is 0 Å². The number of nitriles is 1. The molecule has 0 N–H and O–H groups in total. The smallest absolute Gasteiger partial charge is 0.347 e. The predicted octanol–water partition coefficient (Wildman–Crippen LogP) is 3.37. The van der Waals surface area contributed by atoms with Crippen LogP contribution >= 0.6 is 0 Å². The molecule has 3 heteroatoms. The average Bonchev–Trinajstić information content (AvgIpc) is 2.73. The number of hydrogen-bond acceptors (Lipinski definition) is 3. The molecule has 0 atom stereocenters. The van der Waals surface area contributed by atoms with Crippen molar-refractivity contribution in [2.24, 2.45) is 0 Å². The molecular formula is C16H9NO2. The highest BCUT2D eigenvalue weighted by Gasteiger charge is 2.26. The van der Waals surface area contributed by atoms with Gasteiger partial charge in [0.1, 0.15) is 0 Å². The second-order valence-corrected chi connectivity index (χ2v) is 4.23. The van der Waals surface area contributed by atoms with Gasteiger partial charge in [0.2, 0.25) is 0 Å². The summed E-state index contributed by atoms with van der Waals surface area (Å²) in [5.74, 6) is -0.635. The molecule has 3 nitrogen and oxygen atoms in total. The lowest BCUT2D eigenvalue weighted by atomic mass is 9.99. The highest BCUT2D eigenvalue weighted by molar-refractivity contribution is 6.08. The van der Waals surface area contributed by atoms with Crippen LogP contribution in [0.25, 0.3) is 16.7 Å².